The molecule has 2 aromatic rings. The summed E-state index contributed by atoms with van der Waals surface area (Å²) in [5, 5.41) is 9.94. The van der Waals surface area contributed by atoms with Crippen LogP contribution in [0.3, 0.4) is 0 Å². The number of nitrogens with zero attached hydrogens (tertiary/aromatic N) is 1. The van der Waals surface area contributed by atoms with E-state index in [0.717, 1.165) is 0 Å². The first-order chi connectivity index (χ1) is 11.4. The van der Waals surface area contributed by atoms with Crippen LogP contribution >= 0.6 is 11.6 Å². The molecule has 2 rings (SSSR count). The van der Waals surface area contributed by atoms with Crippen LogP contribution in [0.15, 0.2) is 42.5 Å². The van der Waals surface area contributed by atoms with Gasteiger partial charge in [-0.15, -0.1) is 0 Å². The standard InChI is InChI=1S/C17H15ClFNO4/c1-2-20(13-6-4-12(19)5-7-13)16(22)10-24-17(23)14-8-3-11(18)9-15(14)21/h3-9,21H,2,10H2,1H3. The Morgan fingerprint density at radius 2 is 1.88 bits per heavy atom. The summed E-state index contributed by atoms with van der Waals surface area (Å²) in [6, 6.07) is 9.34. The average molecular weight is 352 g/mol. The number of hydrogen-bond donors (Lipinski definition) is 1. The largest absolute Gasteiger partial charge is 0.507 e. The predicted molar refractivity (Wildman–Crippen MR) is 87.8 cm³/mol. The molecule has 7 heteroatoms. The number of phenols is 1. The topological polar surface area (TPSA) is 66.8 Å². The van der Waals surface area contributed by atoms with E-state index in [4.69, 9.17) is 16.3 Å². The average Bonchev–Trinajstić information content (AvgIpc) is 2.55. The molecule has 2 aromatic carbocycles. The molecule has 0 aliphatic carbocycles. The van der Waals surface area contributed by atoms with Gasteiger partial charge in [-0.1, -0.05) is 11.6 Å². The number of hydrogen-bond acceptors (Lipinski definition) is 4. The van der Waals surface area contributed by atoms with E-state index in [2.05, 4.69) is 0 Å². The Morgan fingerprint density at radius 1 is 1.21 bits per heavy atom. The van der Waals surface area contributed by atoms with E-state index < -0.39 is 24.3 Å². The third-order valence-corrected chi connectivity index (χ3v) is 3.50. The van der Waals surface area contributed by atoms with Gasteiger partial charge in [-0.25, -0.2) is 9.18 Å². The number of carbonyl (C=O) groups is 2. The van der Waals surface area contributed by atoms with Gasteiger partial charge < -0.3 is 14.7 Å². The van der Waals surface area contributed by atoms with Gasteiger partial charge in [0.25, 0.3) is 5.91 Å². The number of anilines is 1. The van der Waals surface area contributed by atoms with Crippen molar-refractivity contribution in [3.8, 4) is 5.75 Å². The third kappa shape index (κ3) is 4.23. The number of aromatic hydroxyl groups is 1. The van der Waals surface area contributed by atoms with E-state index in [1.807, 2.05) is 0 Å². The fraction of sp³-hybridized carbons (Fsp3) is 0.176. The summed E-state index contributed by atoms with van der Waals surface area (Å²) in [7, 11) is 0. The molecule has 5 nitrogen and oxygen atoms in total. The molecule has 1 amide bonds. The van der Waals surface area contributed by atoms with E-state index in [0.29, 0.717) is 12.2 Å². The highest BCUT2D eigenvalue weighted by Gasteiger charge is 2.18. The second-order valence-electron chi connectivity index (χ2n) is 4.85. The van der Waals surface area contributed by atoms with Crippen LogP contribution in [0.2, 0.25) is 5.02 Å². The summed E-state index contributed by atoms with van der Waals surface area (Å²) in [4.78, 5) is 25.5. The number of rotatable bonds is 5. The Balaban J connectivity index is 2.03. The molecular formula is C17H15ClFNO4. The van der Waals surface area contributed by atoms with Gasteiger partial charge in [0.05, 0.1) is 0 Å². The molecule has 126 valence electrons. The Hall–Kier alpha value is -2.60. The number of ether oxygens (including phenoxy) is 1. The molecule has 1 N–H and O–H groups in total. The SMILES string of the molecule is CCN(C(=O)COC(=O)c1ccc(Cl)cc1O)c1ccc(F)cc1. The first-order valence-corrected chi connectivity index (χ1v) is 7.51. The van der Waals surface area contributed by atoms with Crippen LogP contribution in [0.25, 0.3) is 0 Å². The van der Waals surface area contributed by atoms with Crippen LogP contribution in [0.5, 0.6) is 5.75 Å². The fourth-order valence-electron chi connectivity index (χ4n) is 2.08. The number of benzene rings is 2. The normalized spacial score (nSPS) is 10.3. The van der Waals surface area contributed by atoms with Gasteiger partial charge in [0.2, 0.25) is 0 Å². The van der Waals surface area contributed by atoms with Crippen LogP contribution < -0.4 is 4.90 Å². The van der Waals surface area contributed by atoms with Gasteiger partial charge in [-0.05, 0) is 49.4 Å². The van der Waals surface area contributed by atoms with Crippen LogP contribution in [0, 0.1) is 5.82 Å². The van der Waals surface area contributed by atoms with Crippen molar-refractivity contribution in [1.29, 1.82) is 0 Å². The molecule has 0 aliphatic heterocycles. The second kappa shape index (κ2) is 7.79. The third-order valence-electron chi connectivity index (χ3n) is 3.26. The maximum atomic E-state index is 13.0. The maximum absolute atomic E-state index is 13.0. The van der Waals surface area contributed by atoms with Crippen LogP contribution in [0.4, 0.5) is 10.1 Å². The van der Waals surface area contributed by atoms with Crippen molar-refractivity contribution in [1.82, 2.24) is 0 Å². The summed E-state index contributed by atoms with van der Waals surface area (Å²) >= 11 is 5.69. The van der Waals surface area contributed by atoms with Crippen LogP contribution in [0.1, 0.15) is 17.3 Å². The highest BCUT2D eigenvalue weighted by Crippen LogP contribution is 2.22. The lowest BCUT2D eigenvalue weighted by molar-refractivity contribution is -0.121. The number of amides is 1. The Labute approximate surface area is 143 Å². The van der Waals surface area contributed by atoms with Crippen molar-refractivity contribution < 1.29 is 23.8 Å². The Morgan fingerprint density at radius 3 is 2.46 bits per heavy atom. The number of halogens is 2. The zero-order valence-electron chi connectivity index (χ0n) is 12.8. The molecule has 0 saturated heterocycles. The number of esters is 1. The minimum atomic E-state index is -0.840. The molecule has 0 heterocycles. The zero-order valence-corrected chi connectivity index (χ0v) is 13.6. The summed E-state index contributed by atoms with van der Waals surface area (Å²) in [5.74, 6) is -2.05. The monoisotopic (exact) mass is 351 g/mol. The van der Waals surface area contributed by atoms with E-state index in [-0.39, 0.29) is 16.3 Å². The van der Waals surface area contributed by atoms with E-state index in [9.17, 15) is 19.1 Å². The van der Waals surface area contributed by atoms with Gasteiger partial charge in [0.15, 0.2) is 6.61 Å². The first kappa shape index (κ1) is 17.7. The highest BCUT2D eigenvalue weighted by molar-refractivity contribution is 6.30. The minimum Gasteiger partial charge on any atom is -0.507 e. The molecule has 0 aliphatic rings. The predicted octanol–water partition coefficient (Wildman–Crippen LogP) is 3.39. The summed E-state index contributed by atoms with van der Waals surface area (Å²) < 4.78 is 17.9. The van der Waals surface area contributed by atoms with Gasteiger partial charge in [0, 0.05) is 17.3 Å². The maximum Gasteiger partial charge on any atom is 0.342 e. The molecule has 0 aromatic heterocycles. The molecule has 0 radical (unpaired) electrons. The lowest BCUT2D eigenvalue weighted by Gasteiger charge is -2.20. The van der Waals surface area contributed by atoms with Gasteiger partial charge in [-0.2, -0.15) is 0 Å². The van der Waals surface area contributed by atoms with Crippen LogP contribution in [-0.4, -0.2) is 30.1 Å². The van der Waals surface area contributed by atoms with Crippen molar-refractivity contribution >= 4 is 29.2 Å². The van der Waals surface area contributed by atoms with Crippen LogP contribution in [-0.2, 0) is 9.53 Å². The lowest BCUT2D eigenvalue weighted by Crippen LogP contribution is -2.34. The summed E-state index contributed by atoms with van der Waals surface area (Å²) in [6.07, 6.45) is 0. The highest BCUT2D eigenvalue weighted by atomic mass is 35.5. The quantitative estimate of drug-likeness (QED) is 0.838. The number of phenolic OH excluding ortho intramolecular Hbond substituents is 1. The summed E-state index contributed by atoms with van der Waals surface area (Å²) in [5.41, 5.74) is 0.409. The van der Waals surface area contributed by atoms with Crippen molar-refractivity contribution in [2.24, 2.45) is 0 Å². The molecule has 0 atom stereocenters. The van der Waals surface area contributed by atoms with Crippen molar-refractivity contribution in [2.75, 3.05) is 18.1 Å². The zero-order chi connectivity index (χ0) is 17.7. The van der Waals surface area contributed by atoms with E-state index in [1.54, 1.807) is 6.92 Å². The minimum absolute atomic E-state index is 0.0861. The smallest absolute Gasteiger partial charge is 0.342 e. The van der Waals surface area contributed by atoms with Gasteiger partial charge >= 0.3 is 5.97 Å². The second-order valence-corrected chi connectivity index (χ2v) is 5.29. The van der Waals surface area contributed by atoms with Crippen molar-refractivity contribution in [2.45, 2.75) is 6.92 Å². The first-order valence-electron chi connectivity index (χ1n) is 7.14. The van der Waals surface area contributed by atoms with Crippen molar-refractivity contribution in [3.05, 3.63) is 58.9 Å². The molecule has 0 saturated carbocycles. The molecule has 0 bridgehead atoms. The van der Waals surface area contributed by atoms with Gasteiger partial charge in [0.1, 0.15) is 17.1 Å². The molecule has 24 heavy (non-hydrogen) atoms. The molecule has 0 fully saturated rings. The Bertz CT molecular complexity index is 749. The molecule has 0 unspecified atom stereocenters. The molecule has 0 spiro atoms. The fourth-order valence-corrected chi connectivity index (χ4v) is 2.25. The lowest BCUT2D eigenvalue weighted by atomic mass is 10.2. The summed E-state index contributed by atoms with van der Waals surface area (Å²) in [6.45, 7) is 1.56. The van der Waals surface area contributed by atoms with Gasteiger partial charge in [-0.3, -0.25) is 4.79 Å². The number of likely N-dealkylation sites (N-methyl/N-ethyl adjacent to an activating group) is 1. The van der Waals surface area contributed by atoms with Crippen molar-refractivity contribution in [3.63, 3.8) is 0 Å². The molecular weight excluding hydrogens is 337 g/mol. The number of carbonyl (C=O) groups excluding carboxylic acids is 2. The Kier molecular flexibility index (Phi) is 5.76. The van der Waals surface area contributed by atoms with E-state index >= 15 is 0 Å². The van der Waals surface area contributed by atoms with E-state index in [1.165, 1.54) is 47.4 Å².